The van der Waals surface area contributed by atoms with Crippen LogP contribution in [-0.2, 0) is 20.8 Å². The van der Waals surface area contributed by atoms with Crippen LogP contribution in [0, 0.1) is 23.5 Å². The lowest BCUT2D eigenvalue weighted by molar-refractivity contribution is -0.148. The molecule has 0 aliphatic heterocycles. The van der Waals surface area contributed by atoms with Crippen LogP contribution >= 0.6 is 27.5 Å². The van der Waals surface area contributed by atoms with Crippen molar-refractivity contribution in [2.24, 2.45) is 17.6 Å². The van der Waals surface area contributed by atoms with E-state index >= 15 is 0 Å². The standard InChI is InChI=1S/C31H30BrClF2N4O8/c1-38(2)22-13-7-10-8-14-23(39(3)4)26(42)18(29(36)45)28(44)31(14,47)27(43)16(10)24(40)17(13)25(41)21(20(22)33)37-30(46)19(32)12-6-5-11(34)9-15(12)35/h5-6,9-10,14,19,23,41-43,47H,7-8H2,1-4H3,(H2,36,45)(H,37,46)/t10?,14?,19?,23-,31-/m0/s1. The smallest absolute Gasteiger partial charge is 0.255 e. The van der Waals surface area contributed by atoms with Crippen LogP contribution < -0.4 is 16.0 Å². The molecular formula is C31H30BrClF2N4O8. The first kappa shape index (κ1) is 34.3. The molecule has 12 nitrogen and oxygen atoms in total. The predicted octanol–water partition coefficient (Wildman–Crippen LogP) is 3.19. The molecule has 2 aromatic rings. The van der Waals surface area contributed by atoms with E-state index in [1.165, 1.54) is 23.9 Å². The Morgan fingerprint density at radius 2 is 1.79 bits per heavy atom. The highest BCUT2D eigenvalue weighted by molar-refractivity contribution is 9.09. The molecule has 2 aromatic carbocycles. The third kappa shape index (κ3) is 5.07. The van der Waals surface area contributed by atoms with Crippen molar-refractivity contribution in [1.82, 2.24) is 4.90 Å². The molecule has 3 aliphatic carbocycles. The number of nitrogens with two attached hydrogens (primary N) is 1. The number of phenolic OH excluding ortho intramolecular Hbond substituents is 1. The number of amides is 2. The molecule has 0 saturated heterocycles. The van der Waals surface area contributed by atoms with Crippen LogP contribution in [0.2, 0.25) is 5.02 Å². The fourth-order valence-electron chi connectivity index (χ4n) is 6.95. The summed E-state index contributed by atoms with van der Waals surface area (Å²) in [5, 5.41) is 48.0. The van der Waals surface area contributed by atoms with Crippen LogP contribution in [0.3, 0.4) is 0 Å². The second-order valence-electron chi connectivity index (χ2n) is 12.1. The van der Waals surface area contributed by atoms with Crippen molar-refractivity contribution >= 4 is 62.3 Å². The van der Waals surface area contributed by atoms with Crippen molar-refractivity contribution in [3.63, 3.8) is 0 Å². The number of rotatable bonds is 6. The van der Waals surface area contributed by atoms with E-state index in [0.717, 1.165) is 12.1 Å². The van der Waals surface area contributed by atoms with Crippen molar-refractivity contribution in [3.05, 3.63) is 74.2 Å². The highest BCUT2D eigenvalue weighted by Crippen LogP contribution is 2.55. The first-order chi connectivity index (χ1) is 21.9. The second kappa shape index (κ2) is 11.9. The number of anilines is 2. The highest BCUT2D eigenvalue weighted by atomic mass is 79.9. The van der Waals surface area contributed by atoms with Crippen LogP contribution in [-0.4, -0.2) is 88.5 Å². The van der Waals surface area contributed by atoms with Crippen LogP contribution in [0.5, 0.6) is 5.75 Å². The number of aromatic hydroxyl groups is 1. The van der Waals surface area contributed by atoms with E-state index < -0.39 is 103 Å². The Hall–Kier alpha value is -4.05. The van der Waals surface area contributed by atoms with E-state index in [2.05, 4.69) is 21.2 Å². The summed E-state index contributed by atoms with van der Waals surface area (Å²) in [6.07, 6.45) is -0.185. The summed E-state index contributed by atoms with van der Waals surface area (Å²) in [6.45, 7) is 0. The van der Waals surface area contributed by atoms with Crippen LogP contribution in [0.1, 0.15) is 32.7 Å². The third-order valence-corrected chi connectivity index (χ3v) is 10.2. The van der Waals surface area contributed by atoms with E-state index in [4.69, 9.17) is 17.3 Å². The average Bonchev–Trinajstić information content (AvgIpc) is 2.96. The number of nitrogens with zero attached hydrogens (tertiary/aromatic N) is 2. The molecule has 0 bridgehead atoms. The Morgan fingerprint density at radius 1 is 1.15 bits per heavy atom. The minimum atomic E-state index is -2.84. The third-order valence-electron chi connectivity index (χ3n) is 8.96. The van der Waals surface area contributed by atoms with Gasteiger partial charge in [-0.15, -0.1) is 0 Å². The maximum atomic E-state index is 14.4. The molecule has 3 aliphatic rings. The number of phenols is 1. The molecule has 47 heavy (non-hydrogen) atoms. The van der Waals surface area contributed by atoms with E-state index in [-0.39, 0.29) is 34.7 Å². The zero-order valence-corrected chi connectivity index (χ0v) is 27.7. The topological polar surface area (TPSA) is 194 Å². The number of hydrogen-bond acceptors (Lipinski definition) is 10. The lowest BCUT2D eigenvalue weighted by atomic mass is 9.58. The van der Waals surface area contributed by atoms with Gasteiger partial charge in [0.25, 0.3) is 5.91 Å². The Bertz CT molecular complexity index is 1850. The predicted molar refractivity (Wildman–Crippen MR) is 170 cm³/mol. The summed E-state index contributed by atoms with van der Waals surface area (Å²) < 4.78 is 27.9. The number of alkyl halides is 1. The first-order valence-electron chi connectivity index (χ1n) is 14.1. The zero-order chi connectivity index (χ0) is 35.0. The molecule has 5 rings (SSSR count). The minimum absolute atomic E-state index is 0.0502. The van der Waals surface area contributed by atoms with Gasteiger partial charge in [0, 0.05) is 37.2 Å². The number of nitrogens with one attached hydrogen (secondary N) is 1. The molecule has 16 heteroatoms. The molecule has 5 atom stereocenters. The van der Waals surface area contributed by atoms with Gasteiger partial charge in [0.15, 0.2) is 17.1 Å². The van der Waals surface area contributed by atoms with Crippen molar-refractivity contribution in [1.29, 1.82) is 0 Å². The Kier molecular flexibility index (Phi) is 8.67. The van der Waals surface area contributed by atoms with Crippen molar-refractivity contribution < 1.29 is 48.4 Å². The SMILES string of the molecule is CN(C)c1c(Cl)c(NC(=O)C(Br)c2ccc(F)cc2F)c(O)c2c1CC1CC3[C@H](N(C)C)C(O)=C(C(N)=O)C(=O)[C@@]3(O)C(O)=C1C2=O. The van der Waals surface area contributed by atoms with Crippen LogP contribution in [0.4, 0.5) is 20.2 Å². The molecule has 250 valence electrons. The number of benzene rings is 2. The quantitative estimate of drug-likeness (QED) is 0.146. The maximum Gasteiger partial charge on any atom is 0.255 e. The number of aliphatic hydroxyl groups excluding tert-OH is 2. The van der Waals surface area contributed by atoms with E-state index in [9.17, 15) is 48.4 Å². The number of Topliss-reactive ketones (excluding diaryl/α,β-unsaturated/α-hetero) is 2. The van der Waals surface area contributed by atoms with Crippen LogP contribution in [0.15, 0.2) is 40.9 Å². The van der Waals surface area contributed by atoms with Gasteiger partial charge in [0.05, 0.1) is 22.3 Å². The Balaban J connectivity index is 1.67. The van der Waals surface area contributed by atoms with Crippen molar-refractivity contribution in [3.8, 4) is 5.75 Å². The van der Waals surface area contributed by atoms with Crippen molar-refractivity contribution in [2.75, 3.05) is 38.4 Å². The normalized spacial score (nSPS) is 24.5. The molecule has 3 unspecified atom stereocenters. The second-order valence-corrected chi connectivity index (χ2v) is 13.4. The Labute approximate surface area is 280 Å². The van der Waals surface area contributed by atoms with Gasteiger partial charge in [-0.25, -0.2) is 8.78 Å². The molecule has 0 saturated carbocycles. The molecule has 0 spiro atoms. The zero-order valence-electron chi connectivity index (χ0n) is 25.4. The molecule has 0 aromatic heterocycles. The number of fused-ring (bicyclic) bond motifs is 3. The number of ketones is 2. The fourth-order valence-corrected chi connectivity index (χ4v) is 7.86. The molecular weight excluding hydrogens is 710 g/mol. The maximum absolute atomic E-state index is 14.4. The van der Waals surface area contributed by atoms with Crippen LogP contribution in [0.25, 0.3) is 0 Å². The van der Waals surface area contributed by atoms with E-state index in [1.54, 1.807) is 14.1 Å². The summed E-state index contributed by atoms with van der Waals surface area (Å²) in [7, 11) is 6.22. The summed E-state index contributed by atoms with van der Waals surface area (Å²) in [6, 6.07) is 1.43. The number of aliphatic hydroxyl groups is 3. The summed E-state index contributed by atoms with van der Waals surface area (Å²) in [4.78, 5) is 54.8. The Morgan fingerprint density at radius 3 is 2.34 bits per heavy atom. The van der Waals surface area contributed by atoms with Gasteiger partial charge in [0.1, 0.15) is 39.2 Å². The number of likely N-dealkylation sites (N-methyl/N-ethyl adjacent to an activating group) is 1. The summed E-state index contributed by atoms with van der Waals surface area (Å²) >= 11 is 9.79. The molecule has 2 amide bonds. The molecule has 0 fully saturated rings. The van der Waals surface area contributed by atoms with Gasteiger partial charge < -0.3 is 36.4 Å². The van der Waals surface area contributed by atoms with Gasteiger partial charge in [0.2, 0.25) is 11.7 Å². The number of carbonyl (C=O) groups excluding carboxylic acids is 4. The molecule has 0 heterocycles. The highest BCUT2D eigenvalue weighted by Gasteiger charge is 2.63. The summed E-state index contributed by atoms with van der Waals surface area (Å²) in [5.74, 6) is -11.2. The number of primary amides is 1. The number of allylic oxidation sites excluding steroid dienone is 1. The number of hydrogen-bond donors (Lipinski definition) is 6. The monoisotopic (exact) mass is 738 g/mol. The van der Waals surface area contributed by atoms with Gasteiger partial charge in [-0.3, -0.25) is 24.1 Å². The van der Waals surface area contributed by atoms with Gasteiger partial charge in [-0.1, -0.05) is 33.6 Å². The van der Waals surface area contributed by atoms with Gasteiger partial charge >= 0.3 is 0 Å². The fraction of sp³-hybridized carbons (Fsp3) is 0.355. The molecule has 7 N–H and O–H groups in total. The lowest BCUT2D eigenvalue weighted by Gasteiger charge is -2.50. The number of carbonyl (C=O) groups is 4. The first-order valence-corrected chi connectivity index (χ1v) is 15.4. The van der Waals surface area contributed by atoms with Gasteiger partial charge in [-0.05, 0) is 44.5 Å². The van der Waals surface area contributed by atoms with Gasteiger partial charge in [-0.2, -0.15) is 0 Å². The largest absolute Gasteiger partial charge is 0.510 e. The summed E-state index contributed by atoms with van der Waals surface area (Å²) in [5.41, 5.74) is 0.576. The van der Waals surface area contributed by atoms with E-state index in [1.807, 2.05) is 0 Å². The average molecular weight is 740 g/mol. The van der Waals surface area contributed by atoms with E-state index in [0.29, 0.717) is 6.07 Å². The number of halogens is 4. The molecule has 0 radical (unpaired) electrons. The lowest BCUT2D eigenvalue weighted by Crippen LogP contribution is -2.63. The minimum Gasteiger partial charge on any atom is -0.510 e. The van der Waals surface area contributed by atoms with Crippen molar-refractivity contribution in [2.45, 2.75) is 29.3 Å².